The average molecular weight is 215 g/mol. The third-order valence-electron chi connectivity index (χ3n) is 2.90. The second-order valence-corrected chi connectivity index (χ2v) is 3.96. The lowest BCUT2D eigenvalue weighted by molar-refractivity contribution is -0.136. The van der Waals surface area contributed by atoms with E-state index in [1.807, 2.05) is 23.8 Å². The Balaban J connectivity index is 2.43. The van der Waals surface area contributed by atoms with Gasteiger partial charge in [0.1, 0.15) is 0 Å². The molecular weight excluding hydrogens is 194 g/mol. The van der Waals surface area contributed by atoms with Crippen LogP contribution in [-0.4, -0.2) is 73.2 Å². The molecule has 1 aliphatic heterocycles. The lowest BCUT2D eigenvalue weighted by Crippen LogP contribution is -2.52. The molecule has 0 spiro atoms. The van der Waals surface area contributed by atoms with Gasteiger partial charge in [-0.05, 0) is 14.0 Å². The normalized spacial score (nSPS) is 19.3. The molecule has 0 aliphatic carbocycles. The number of aliphatic hydroxyl groups is 1. The molecule has 15 heavy (non-hydrogen) atoms. The van der Waals surface area contributed by atoms with Crippen molar-refractivity contribution in [2.45, 2.75) is 13.0 Å². The van der Waals surface area contributed by atoms with Crippen molar-refractivity contribution in [3.8, 4) is 0 Å². The molecule has 1 rings (SSSR count). The number of hydrogen-bond donors (Lipinski definition) is 2. The molecular formula is C10H21N3O2. The molecule has 1 fully saturated rings. The Morgan fingerprint density at radius 1 is 1.53 bits per heavy atom. The van der Waals surface area contributed by atoms with Gasteiger partial charge in [-0.15, -0.1) is 0 Å². The first-order chi connectivity index (χ1) is 7.16. The molecule has 0 aromatic carbocycles. The van der Waals surface area contributed by atoms with Gasteiger partial charge in [0.15, 0.2) is 0 Å². The molecule has 0 bridgehead atoms. The van der Waals surface area contributed by atoms with Gasteiger partial charge in [-0.1, -0.05) is 0 Å². The largest absolute Gasteiger partial charge is 0.395 e. The molecule has 1 unspecified atom stereocenters. The summed E-state index contributed by atoms with van der Waals surface area (Å²) in [4.78, 5) is 15.8. The number of likely N-dealkylation sites (N-methyl/N-ethyl adjacent to an activating group) is 1. The topological polar surface area (TPSA) is 55.8 Å². The number of nitrogens with one attached hydrogen (secondary N) is 1. The third kappa shape index (κ3) is 3.44. The molecule has 5 heteroatoms. The van der Waals surface area contributed by atoms with Gasteiger partial charge in [0, 0.05) is 32.7 Å². The Kier molecular flexibility index (Phi) is 5.01. The van der Waals surface area contributed by atoms with Gasteiger partial charge in [-0.25, -0.2) is 0 Å². The predicted molar refractivity (Wildman–Crippen MR) is 58.6 cm³/mol. The van der Waals surface area contributed by atoms with E-state index in [-0.39, 0.29) is 18.6 Å². The van der Waals surface area contributed by atoms with Crippen LogP contribution in [0.4, 0.5) is 0 Å². The van der Waals surface area contributed by atoms with Crippen molar-refractivity contribution < 1.29 is 9.90 Å². The van der Waals surface area contributed by atoms with E-state index >= 15 is 0 Å². The maximum absolute atomic E-state index is 12.0. The van der Waals surface area contributed by atoms with Crippen LogP contribution in [-0.2, 0) is 4.79 Å². The Morgan fingerprint density at radius 3 is 2.67 bits per heavy atom. The smallest absolute Gasteiger partial charge is 0.239 e. The van der Waals surface area contributed by atoms with E-state index in [2.05, 4.69) is 5.32 Å². The Bertz CT molecular complexity index is 205. The molecule has 5 nitrogen and oxygen atoms in total. The minimum absolute atomic E-state index is 0.0929. The van der Waals surface area contributed by atoms with Crippen molar-refractivity contribution in [1.82, 2.24) is 15.1 Å². The molecule has 1 saturated heterocycles. The fourth-order valence-corrected chi connectivity index (χ4v) is 1.69. The summed E-state index contributed by atoms with van der Waals surface area (Å²) >= 11 is 0. The highest BCUT2D eigenvalue weighted by Crippen LogP contribution is 2.02. The van der Waals surface area contributed by atoms with E-state index < -0.39 is 0 Å². The van der Waals surface area contributed by atoms with Gasteiger partial charge in [0.25, 0.3) is 0 Å². The van der Waals surface area contributed by atoms with Gasteiger partial charge in [-0.2, -0.15) is 0 Å². The Hall–Kier alpha value is -0.650. The summed E-state index contributed by atoms with van der Waals surface area (Å²) in [6.45, 7) is 5.85. The fourth-order valence-electron chi connectivity index (χ4n) is 1.69. The van der Waals surface area contributed by atoms with Crippen molar-refractivity contribution >= 4 is 5.91 Å². The van der Waals surface area contributed by atoms with E-state index in [1.54, 1.807) is 0 Å². The summed E-state index contributed by atoms with van der Waals surface area (Å²) < 4.78 is 0. The molecule has 0 saturated carbocycles. The summed E-state index contributed by atoms with van der Waals surface area (Å²) in [7, 11) is 1.86. The summed E-state index contributed by atoms with van der Waals surface area (Å²) in [6, 6.07) is -0.143. The number of carbonyl (C=O) groups is 1. The van der Waals surface area contributed by atoms with Crippen LogP contribution in [0.25, 0.3) is 0 Å². The van der Waals surface area contributed by atoms with Gasteiger partial charge < -0.3 is 15.3 Å². The lowest BCUT2D eigenvalue weighted by atomic mass is 10.2. The zero-order valence-corrected chi connectivity index (χ0v) is 9.57. The van der Waals surface area contributed by atoms with Gasteiger partial charge in [0.05, 0.1) is 12.6 Å². The van der Waals surface area contributed by atoms with Gasteiger partial charge in [-0.3, -0.25) is 9.69 Å². The van der Waals surface area contributed by atoms with Crippen LogP contribution in [0.2, 0.25) is 0 Å². The van der Waals surface area contributed by atoms with Crippen LogP contribution in [0.1, 0.15) is 6.92 Å². The molecule has 1 atom stereocenters. The van der Waals surface area contributed by atoms with Crippen LogP contribution >= 0.6 is 0 Å². The predicted octanol–water partition coefficient (Wildman–Crippen LogP) is -1.27. The van der Waals surface area contributed by atoms with Crippen LogP contribution < -0.4 is 5.32 Å². The first kappa shape index (κ1) is 12.4. The standard InChI is InChI=1S/C10H21N3O2/c1-9(12(2)7-8-14)10(15)13-5-3-11-4-6-13/h9,11,14H,3-8H2,1-2H3. The second-order valence-electron chi connectivity index (χ2n) is 3.96. The zero-order chi connectivity index (χ0) is 11.3. The van der Waals surface area contributed by atoms with Crippen LogP contribution in [0.3, 0.4) is 0 Å². The van der Waals surface area contributed by atoms with E-state index in [0.717, 1.165) is 26.2 Å². The molecule has 1 aliphatic rings. The third-order valence-corrected chi connectivity index (χ3v) is 2.90. The molecule has 1 amide bonds. The quantitative estimate of drug-likeness (QED) is 0.614. The number of carbonyl (C=O) groups excluding carboxylic acids is 1. The van der Waals surface area contributed by atoms with Crippen LogP contribution in [0.15, 0.2) is 0 Å². The highest BCUT2D eigenvalue weighted by Gasteiger charge is 2.24. The zero-order valence-electron chi connectivity index (χ0n) is 9.57. The summed E-state index contributed by atoms with van der Waals surface area (Å²) in [5, 5.41) is 12.0. The van der Waals surface area contributed by atoms with Crippen molar-refractivity contribution in [1.29, 1.82) is 0 Å². The minimum atomic E-state index is -0.143. The number of nitrogens with zero attached hydrogens (tertiary/aromatic N) is 2. The highest BCUT2D eigenvalue weighted by molar-refractivity contribution is 5.81. The first-order valence-electron chi connectivity index (χ1n) is 5.47. The molecule has 88 valence electrons. The van der Waals surface area contributed by atoms with E-state index in [4.69, 9.17) is 5.11 Å². The number of amides is 1. The fraction of sp³-hybridized carbons (Fsp3) is 0.900. The maximum atomic E-state index is 12.0. The molecule has 0 aromatic rings. The number of rotatable bonds is 4. The van der Waals surface area contributed by atoms with E-state index in [0.29, 0.717) is 6.54 Å². The molecule has 2 N–H and O–H groups in total. The van der Waals surface area contributed by atoms with Crippen molar-refractivity contribution in [3.63, 3.8) is 0 Å². The summed E-state index contributed by atoms with van der Waals surface area (Å²) in [5.41, 5.74) is 0. The Morgan fingerprint density at radius 2 is 2.13 bits per heavy atom. The highest BCUT2D eigenvalue weighted by atomic mass is 16.3. The second kappa shape index (κ2) is 6.05. The number of aliphatic hydroxyl groups excluding tert-OH is 1. The molecule has 1 heterocycles. The Labute approximate surface area is 91.0 Å². The maximum Gasteiger partial charge on any atom is 0.239 e. The number of piperazine rings is 1. The molecule has 0 radical (unpaired) electrons. The summed E-state index contributed by atoms with van der Waals surface area (Å²) in [6.07, 6.45) is 0. The van der Waals surface area contributed by atoms with Crippen LogP contribution in [0.5, 0.6) is 0 Å². The SMILES string of the molecule is CC(C(=O)N1CCNCC1)N(C)CCO. The summed E-state index contributed by atoms with van der Waals surface area (Å²) in [5.74, 6) is 0.160. The van der Waals surface area contributed by atoms with Crippen molar-refractivity contribution in [2.75, 3.05) is 46.4 Å². The average Bonchev–Trinajstić information content (AvgIpc) is 2.28. The van der Waals surface area contributed by atoms with Crippen molar-refractivity contribution in [2.24, 2.45) is 0 Å². The van der Waals surface area contributed by atoms with Gasteiger partial charge >= 0.3 is 0 Å². The number of hydrogen-bond acceptors (Lipinski definition) is 4. The van der Waals surface area contributed by atoms with Crippen LogP contribution in [0, 0.1) is 0 Å². The molecule has 0 aromatic heterocycles. The van der Waals surface area contributed by atoms with E-state index in [1.165, 1.54) is 0 Å². The van der Waals surface area contributed by atoms with Crippen molar-refractivity contribution in [3.05, 3.63) is 0 Å². The monoisotopic (exact) mass is 215 g/mol. The first-order valence-corrected chi connectivity index (χ1v) is 5.47. The van der Waals surface area contributed by atoms with Gasteiger partial charge in [0.2, 0.25) is 5.91 Å². The lowest BCUT2D eigenvalue weighted by Gasteiger charge is -2.32. The minimum Gasteiger partial charge on any atom is -0.395 e. The van der Waals surface area contributed by atoms with E-state index in [9.17, 15) is 4.79 Å².